The van der Waals surface area contributed by atoms with Gasteiger partial charge in [-0.15, -0.1) is 11.6 Å². The summed E-state index contributed by atoms with van der Waals surface area (Å²) in [5, 5.41) is 13.6. The molecule has 3 nitrogen and oxygen atoms in total. The van der Waals surface area contributed by atoms with Crippen LogP contribution in [-0.4, -0.2) is 28.6 Å². The van der Waals surface area contributed by atoms with Crippen LogP contribution in [0.25, 0.3) is 10.9 Å². The summed E-state index contributed by atoms with van der Waals surface area (Å²) in [6.07, 6.45) is 1.23. The van der Waals surface area contributed by atoms with E-state index < -0.39 is 6.10 Å². The molecule has 0 aliphatic heterocycles. The van der Waals surface area contributed by atoms with Crippen molar-refractivity contribution in [2.75, 3.05) is 17.7 Å². The van der Waals surface area contributed by atoms with Crippen molar-refractivity contribution in [3.05, 3.63) is 36.5 Å². The Morgan fingerprint density at radius 3 is 3.00 bits per heavy atom. The van der Waals surface area contributed by atoms with Crippen molar-refractivity contribution in [2.24, 2.45) is 0 Å². The van der Waals surface area contributed by atoms with Gasteiger partial charge in [-0.2, -0.15) is 0 Å². The molecule has 0 saturated carbocycles. The van der Waals surface area contributed by atoms with Gasteiger partial charge in [-0.1, -0.05) is 6.07 Å². The zero-order chi connectivity index (χ0) is 11.4. The monoisotopic (exact) mass is 236 g/mol. The van der Waals surface area contributed by atoms with Crippen molar-refractivity contribution in [2.45, 2.75) is 6.10 Å². The van der Waals surface area contributed by atoms with Gasteiger partial charge in [0.25, 0.3) is 0 Å². The first kappa shape index (κ1) is 11.2. The van der Waals surface area contributed by atoms with Crippen LogP contribution in [0.3, 0.4) is 0 Å². The molecule has 0 bridgehead atoms. The third-order valence-corrected chi connectivity index (χ3v) is 2.71. The second kappa shape index (κ2) is 5.14. The minimum absolute atomic E-state index is 0.232. The summed E-state index contributed by atoms with van der Waals surface area (Å²) in [6.45, 7) is 0.442. The largest absolute Gasteiger partial charge is 0.390 e. The summed E-state index contributed by atoms with van der Waals surface area (Å²) in [7, 11) is 0. The zero-order valence-electron chi connectivity index (χ0n) is 8.73. The lowest BCUT2D eigenvalue weighted by Crippen LogP contribution is -2.20. The molecule has 1 heterocycles. The predicted molar refractivity (Wildman–Crippen MR) is 67.0 cm³/mol. The molecule has 0 saturated heterocycles. The van der Waals surface area contributed by atoms with Crippen LogP contribution < -0.4 is 5.32 Å². The van der Waals surface area contributed by atoms with Crippen molar-refractivity contribution in [1.82, 2.24) is 4.98 Å². The quantitative estimate of drug-likeness (QED) is 0.801. The van der Waals surface area contributed by atoms with Crippen molar-refractivity contribution in [3.8, 4) is 0 Å². The summed E-state index contributed by atoms with van der Waals surface area (Å²) in [4.78, 5) is 4.26. The van der Waals surface area contributed by atoms with Crippen LogP contribution >= 0.6 is 11.6 Å². The molecule has 2 aromatic rings. The summed E-state index contributed by atoms with van der Waals surface area (Å²) >= 11 is 5.53. The van der Waals surface area contributed by atoms with E-state index in [1.165, 1.54) is 0 Å². The molecule has 1 atom stereocenters. The van der Waals surface area contributed by atoms with Gasteiger partial charge in [0.05, 0.1) is 17.5 Å². The van der Waals surface area contributed by atoms with Gasteiger partial charge in [-0.3, -0.25) is 4.98 Å². The molecule has 1 aromatic heterocycles. The van der Waals surface area contributed by atoms with E-state index in [1.54, 1.807) is 6.20 Å². The predicted octanol–water partition coefficient (Wildman–Crippen LogP) is 2.25. The van der Waals surface area contributed by atoms with Gasteiger partial charge >= 0.3 is 0 Å². The van der Waals surface area contributed by atoms with E-state index in [0.29, 0.717) is 6.54 Å². The van der Waals surface area contributed by atoms with Crippen LogP contribution in [0, 0.1) is 0 Å². The number of aromatic nitrogens is 1. The highest BCUT2D eigenvalue weighted by molar-refractivity contribution is 6.18. The number of rotatable bonds is 4. The molecule has 0 spiro atoms. The van der Waals surface area contributed by atoms with Gasteiger partial charge in [-0.05, 0) is 24.3 Å². The fraction of sp³-hybridized carbons (Fsp3) is 0.250. The minimum Gasteiger partial charge on any atom is -0.390 e. The number of nitrogens with zero attached hydrogens (tertiary/aromatic N) is 1. The number of halogens is 1. The Morgan fingerprint density at radius 2 is 2.19 bits per heavy atom. The maximum absolute atomic E-state index is 9.38. The number of aliphatic hydroxyl groups is 1. The van der Waals surface area contributed by atoms with E-state index in [1.807, 2.05) is 30.3 Å². The van der Waals surface area contributed by atoms with E-state index in [4.69, 9.17) is 11.6 Å². The molecule has 0 aliphatic carbocycles. The van der Waals surface area contributed by atoms with Gasteiger partial charge < -0.3 is 10.4 Å². The highest BCUT2D eigenvalue weighted by Gasteiger charge is 2.04. The molecule has 1 aromatic carbocycles. The average molecular weight is 237 g/mol. The standard InChI is InChI=1S/C12H13ClN2O/c13-7-9(16)8-15-12-5-1-4-11-10(12)3-2-6-14-11/h1-6,9,15-16H,7-8H2. The molecule has 0 fully saturated rings. The van der Waals surface area contributed by atoms with Gasteiger partial charge in [0.15, 0.2) is 0 Å². The van der Waals surface area contributed by atoms with Crippen LogP contribution in [-0.2, 0) is 0 Å². The van der Waals surface area contributed by atoms with Crippen LogP contribution in [0.4, 0.5) is 5.69 Å². The molecule has 16 heavy (non-hydrogen) atoms. The number of hydrogen-bond acceptors (Lipinski definition) is 3. The van der Waals surface area contributed by atoms with Gasteiger partial charge in [0, 0.05) is 23.8 Å². The first-order chi connectivity index (χ1) is 7.81. The zero-order valence-corrected chi connectivity index (χ0v) is 9.48. The van der Waals surface area contributed by atoms with Crippen LogP contribution in [0.1, 0.15) is 0 Å². The molecule has 4 heteroatoms. The van der Waals surface area contributed by atoms with Gasteiger partial charge in [0.1, 0.15) is 0 Å². The normalized spacial score (nSPS) is 12.6. The second-order valence-corrected chi connectivity index (χ2v) is 3.87. The summed E-state index contributed by atoms with van der Waals surface area (Å²) in [5.74, 6) is 0.232. The van der Waals surface area contributed by atoms with Crippen molar-refractivity contribution < 1.29 is 5.11 Å². The number of hydrogen-bond donors (Lipinski definition) is 2. The van der Waals surface area contributed by atoms with E-state index in [0.717, 1.165) is 16.6 Å². The lowest BCUT2D eigenvalue weighted by atomic mass is 10.2. The fourth-order valence-corrected chi connectivity index (χ4v) is 1.65. The Bertz CT molecular complexity index is 470. The average Bonchev–Trinajstić information content (AvgIpc) is 2.35. The molecule has 84 valence electrons. The minimum atomic E-state index is -0.534. The molecule has 2 N–H and O–H groups in total. The highest BCUT2D eigenvalue weighted by Crippen LogP contribution is 2.20. The number of fused-ring (bicyclic) bond motifs is 1. The Kier molecular flexibility index (Phi) is 3.59. The number of aliphatic hydroxyl groups excluding tert-OH is 1. The Balaban J connectivity index is 2.23. The maximum Gasteiger partial charge on any atom is 0.0847 e. The first-order valence-electron chi connectivity index (χ1n) is 5.13. The van der Waals surface area contributed by atoms with Gasteiger partial charge in [-0.25, -0.2) is 0 Å². The van der Waals surface area contributed by atoms with Crippen LogP contribution in [0.5, 0.6) is 0 Å². The first-order valence-corrected chi connectivity index (χ1v) is 5.66. The van der Waals surface area contributed by atoms with Crippen LogP contribution in [0.15, 0.2) is 36.5 Å². The molecular weight excluding hydrogens is 224 g/mol. The highest BCUT2D eigenvalue weighted by atomic mass is 35.5. The molecule has 0 radical (unpaired) electrons. The number of nitrogens with one attached hydrogen (secondary N) is 1. The van der Waals surface area contributed by atoms with Crippen molar-refractivity contribution in [3.63, 3.8) is 0 Å². The molecule has 0 amide bonds. The number of benzene rings is 1. The lowest BCUT2D eigenvalue weighted by molar-refractivity contribution is 0.211. The maximum atomic E-state index is 9.38. The Morgan fingerprint density at radius 1 is 1.31 bits per heavy atom. The van der Waals surface area contributed by atoms with Crippen molar-refractivity contribution >= 4 is 28.2 Å². The Labute approximate surface area is 99.1 Å². The van der Waals surface area contributed by atoms with E-state index in [9.17, 15) is 5.11 Å². The third kappa shape index (κ3) is 2.43. The number of anilines is 1. The van der Waals surface area contributed by atoms with E-state index in [-0.39, 0.29) is 5.88 Å². The molecule has 1 unspecified atom stereocenters. The topological polar surface area (TPSA) is 45.1 Å². The third-order valence-electron chi connectivity index (χ3n) is 2.35. The Hall–Kier alpha value is -1.32. The lowest BCUT2D eigenvalue weighted by Gasteiger charge is -2.11. The van der Waals surface area contributed by atoms with E-state index >= 15 is 0 Å². The second-order valence-electron chi connectivity index (χ2n) is 3.56. The van der Waals surface area contributed by atoms with Gasteiger partial charge in [0.2, 0.25) is 0 Å². The number of alkyl halides is 1. The smallest absolute Gasteiger partial charge is 0.0847 e. The fourth-order valence-electron chi connectivity index (χ4n) is 1.54. The molecular formula is C12H13ClN2O. The van der Waals surface area contributed by atoms with E-state index in [2.05, 4.69) is 10.3 Å². The SMILES string of the molecule is OC(CCl)CNc1cccc2ncccc12. The molecule has 2 rings (SSSR count). The number of pyridine rings is 1. The summed E-state index contributed by atoms with van der Waals surface area (Å²) in [5.41, 5.74) is 1.91. The van der Waals surface area contributed by atoms with Crippen molar-refractivity contribution in [1.29, 1.82) is 0 Å². The van der Waals surface area contributed by atoms with Crippen LogP contribution in [0.2, 0.25) is 0 Å². The summed E-state index contributed by atoms with van der Waals surface area (Å²) < 4.78 is 0. The summed E-state index contributed by atoms with van der Waals surface area (Å²) in [6, 6.07) is 9.75. The molecule has 0 aliphatic rings.